The van der Waals surface area contributed by atoms with Gasteiger partial charge in [-0.25, -0.2) is 8.42 Å². The second-order valence-corrected chi connectivity index (χ2v) is 6.17. The highest BCUT2D eigenvalue weighted by atomic mass is 35.5. The van der Waals surface area contributed by atoms with E-state index in [0.29, 0.717) is 12.2 Å². The summed E-state index contributed by atoms with van der Waals surface area (Å²) in [6.45, 7) is 2.12. The zero-order valence-electron chi connectivity index (χ0n) is 10.3. The van der Waals surface area contributed by atoms with Crippen molar-refractivity contribution in [2.24, 2.45) is 0 Å². The lowest BCUT2D eigenvalue weighted by atomic mass is 10.1. The lowest BCUT2D eigenvalue weighted by Crippen LogP contribution is -2.06. The Kier molecular flexibility index (Phi) is 5.44. The van der Waals surface area contributed by atoms with Crippen molar-refractivity contribution in [3.8, 4) is 5.75 Å². The molecule has 1 aromatic rings. The van der Waals surface area contributed by atoms with Gasteiger partial charge in [0.1, 0.15) is 4.90 Å². The van der Waals surface area contributed by atoms with Crippen molar-refractivity contribution in [1.82, 2.24) is 0 Å². The Labute approximate surface area is 112 Å². The predicted molar refractivity (Wildman–Crippen MR) is 70.8 cm³/mol. The molecule has 0 aliphatic rings. The average Bonchev–Trinajstić information content (AvgIpc) is 2.28. The Bertz CT molecular complexity index is 511. The van der Waals surface area contributed by atoms with Crippen LogP contribution in [0.5, 0.6) is 5.75 Å². The summed E-state index contributed by atoms with van der Waals surface area (Å²) in [7, 11) is -3.40. The van der Waals surface area contributed by atoms with E-state index in [-0.39, 0.29) is 22.3 Å². The predicted octanol–water partition coefficient (Wildman–Crippen LogP) is 2.08. The third kappa shape index (κ3) is 3.60. The molecule has 0 amide bonds. The number of aliphatic hydroxyl groups is 1. The van der Waals surface area contributed by atoms with Gasteiger partial charge in [0.25, 0.3) is 0 Å². The van der Waals surface area contributed by atoms with E-state index in [2.05, 4.69) is 0 Å². The lowest BCUT2D eigenvalue weighted by molar-refractivity contribution is 0.309. The minimum atomic E-state index is -3.40. The summed E-state index contributed by atoms with van der Waals surface area (Å²) in [5, 5.41) is 9.08. The molecule has 1 radical (unpaired) electrons. The molecule has 0 saturated heterocycles. The highest BCUT2D eigenvalue weighted by molar-refractivity contribution is 7.90. The Morgan fingerprint density at radius 1 is 1.44 bits per heavy atom. The van der Waals surface area contributed by atoms with Crippen LogP contribution in [0.25, 0.3) is 0 Å². The first-order valence-corrected chi connectivity index (χ1v) is 7.78. The van der Waals surface area contributed by atoms with E-state index >= 15 is 0 Å². The van der Waals surface area contributed by atoms with E-state index in [1.807, 2.05) is 6.92 Å². The first kappa shape index (κ1) is 15.3. The van der Waals surface area contributed by atoms with Gasteiger partial charge in [0, 0.05) is 12.7 Å². The first-order chi connectivity index (χ1) is 8.41. The molecule has 1 rings (SSSR count). The largest absolute Gasteiger partial charge is 0.491 e. The van der Waals surface area contributed by atoms with E-state index in [1.54, 1.807) is 6.07 Å². The molecular formula is C12H16ClO4S. The smallest absolute Gasteiger partial charge is 0.179 e. The van der Waals surface area contributed by atoms with E-state index in [4.69, 9.17) is 21.4 Å². The normalized spacial score (nSPS) is 11.6. The second-order valence-electron chi connectivity index (χ2n) is 3.80. The van der Waals surface area contributed by atoms with E-state index in [0.717, 1.165) is 12.7 Å². The van der Waals surface area contributed by atoms with Gasteiger partial charge in [0.2, 0.25) is 0 Å². The summed E-state index contributed by atoms with van der Waals surface area (Å²) in [5.74, 6) is 0.156. The van der Waals surface area contributed by atoms with Gasteiger partial charge in [-0.05, 0) is 18.1 Å². The molecule has 4 nitrogen and oxygen atoms in total. The number of aliphatic hydroxyl groups excluding tert-OH is 1. The van der Waals surface area contributed by atoms with Gasteiger partial charge in [-0.15, -0.1) is 0 Å². The van der Waals surface area contributed by atoms with Crippen LogP contribution in [0.2, 0.25) is 5.02 Å². The Morgan fingerprint density at radius 3 is 2.61 bits per heavy atom. The fourth-order valence-corrected chi connectivity index (χ4v) is 2.61. The molecule has 1 N–H and O–H groups in total. The topological polar surface area (TPSA) is 63.6 Å². The number of hydrogen-bond donors (Lipinski definition) is 1. The molecule has 18 heavy (non-hydrogen) atoms. The van der Waals surface area contributed by atoms with Gasteiger partial charge in [-0.2, -0.15) is 0 Å². The minimum Gasteiger partial charge on any atom is -0.491 e. The molecular weight excluding hydrogens is 276 g/mol. The van der Waals surface area contributed by atoms with Gasteiger partial charge in [-0.1, -0.05) is 24.6 Å². The summed E-state index contributed by atoms with van der Waals surface area (Å²) in [6.07, 6.45) is 3.34. The van der Waals surface area contributed by atoms with Gasteiger partial charge < -0.3 is 9.84 Å². The third-order valence-electron chi connectivity index (χ3n) is 2.25. The highest BCUT2D eigenvalue weighted by Crippen LogP contribution is 2.35. The molecule has 0 aliphatic carbocycles. The van der Waals surface area contributed by atoms with Crippen LogP contribution in [-0.4, -0.2) is 33.0 Å². The maximum atomic E-state index is 11.6. The van der Waals surface area contributed by atoms with Crippen molar-refractivity contribution in [3.05, 3.63) is 29.1 Å². The van der Waals surface area contributed by atoms with E-state index in [1.165, 1.54) is 12.5 Å². The zero-order valence-corrected chi connectivity index (χ0v) is 11.9. The van der Waals surface area contributed by atoms with E-state index in [9.17, 15) is 8.42 Å². The Morgan fingerprint density at radius 2 is 2.11 bits per heavy atom. The molecule has 0 atom stereocenters. The molecule has 0 aliphatic heterocycles. The van der Waals surface area contributed by atoms with Crippen LogP contribution >= 0.6 is 11.6 Å². The maximum Gasteiger partial charge on any atom is 0.179 e. The van der Waals surface area contributed by atoms with Crippen molar-refractivity contribution in [1.29, 1.82) is 0 Å². The van der Waals surface area contributed by atoms with Crippen molar-refractivity contribution in [2.75, 3.05) is 19.5 Å². The summed E-state index contributed by atoms with van der Waals surface area (Å²) >= 11 is 6.10. The molecule has 6 heteroatoms. The highest BCUT2D eigenvalue weighted by Gasteiger charge is 2.20. The van der Waals surface area contributed by atoms with E-state index < -0.39 is 9.84 Å². The third-order valence-corrected chi connectivity index (χ3v) is 3.76. The Balaban J connectivity index is 3.32. The van der Waals surface area contributed by atoms with Crippen LogP contribution in [-0.2, 0) is 9.84 Å². The monoisotopic (exact) mass is 291 g/mol. The number of hydrogen-bond acceptors (Lipinski definition) is 4. The molecule has 0 saturated carbocycles. The van der Waals surface area contributed by atoms with Crippen LogP contribution < -0.4 is 4.74 Å². The van der Waals surface area contributed by atoms with Crippen LogP contribution in [0.1, 0.15) is 18.9 Å². The van der Waals surface area contributed by atoms with Crippen molar-refractivity contribution < 1.29 is 18.3 Å². The SMILES string of the molecule is CCCOc1c(S(C)(=O)=O)ccc([CH]CO)c1Cl. The average molecular weight is 292 g/mol. The van der Waals surface area contributed by atoms with Gasteiger partial charge in [-0.3, -0.25) is 0 Å². The summed E-state index contributed by atoms with van der Waals surface area (Å²) in [6, 6.07) is 2.99. The number of sulfone groups is 1. The second kappa shape index (κ2) is 6.41. The molecule has 0 unspecified atom stereocenters. The van der Waals surface area contributed by atoms with Gasteiger partial charge >= 0.3 is 0 Å². The quantitative estimate of drug-likeness (QED) is 0.871. The van der Waals surface area contributed by atoms with Crippen molar-refractivity contribution >= 4 is 21.4 Å². The van der Waals surface area contributed by atoms with Crippen molar-refractivity contribution in [3.63, 3.8) is 0 Å². The number of halogens is 1. The Hall–Kier alpha value is -0.780. The minimum absolute atomic E-state index is 0.0658. The number of benzene rings is 1. The van der Waals surface area contributed by atoms with Gasteiger partial charge in [0.15, 0.2) is 15.6 Å². The molecule has 1 aromatic carbocycles. The molecule has 101 valence electrons. The molecule has 0 fully saturated rings. The van der Waals surface area contributed by atoms with Crippen molar-refractivity contribution in [2.45, 2.75) is 18.2 Å². The van der Waals surface area contributed by atoms with Gasteiger partial charge in [0.05, 0.1) is 18.2 Å². The zero-order chi connectivity index (χ0) is 13.8. The lowest BCUT2D eigenvalue weighted by Gasteiger charge is -2.14. The van der Waals surface area contributed by atoms with Crippen LogP contribution in [0.15, 0.2) is 17.0 Å². The summed E-state index contributed by atoms with van der Waals surface area (Å²) in [5.41, 5.74) is 0.553. The maximum absolute atomic E-state index is 11.6. The number of ether oxygens (including phenoxy) is 1. The molecule has 0 bridgehead atoms. The molecule has 0 aromatic heterocycles. The number of rotatable bonds is 6. The molecule has 0 spiro atoms. The summed E-state index contributed by atoms with van der Waals surface area (Å²) < 4.78 is 28.7. The van der Waals surface area contributed by atoms with Crippen LogP contribution in [0.4, 0.5) is 0 Å². The molecule has 0 heterocycles. The fraction of sp³-hybridized carbons (Fsp3) is 0.417. The van der Waals surface area contributed by atoms with Crippen LogP contribution in [0.3, 0.4) is 0 Å². The standard InChI is InChI=1S/C12H16ClO4S/c1-3-8-17-12-10(18(2,15)16)5-4-9(6-7-14)11(12)13/h4-6,14H,3,7-8H2,1-2H3. The van der Waals surface area contributed by atoms with Crippen LogP contribution in [0, 0.1) is 6.42 Å². The fourth-order valence-electron chi connectivity index (χ4n) is 1.44. The summed E-state index contributed by atoms with van der Waals surface area (Å²) in [4.78, 5) is 0.0658. The first-order valence-electron chi connectivity index (χ1n) is 5.51.